The molecule has 1 unspecified atom stereocenters. The largest absolute Gasteiger partial charge is 0.338 e. The van der Waals surface area contributed by atoms with Crippen molar-refractivity contribution in [1.82, 2.24) is 20.7 Å². The van der Waals surface area contributed by atoms with Crippen molar-refractivity contribution in [3.63, 3.8) is 0 Å². The van der Waals surface area contributed by atoms with Crippen molar-refractivity contribution in [2.75, 3.05) is 14.2 Å². The van der Waals surface area contributed by atoms with E-state index in [4.69, 9.17) is 4.84 Å². The van der Waals surface area contributed by atoms with Crippen LogP contribution >= 0.6 is 0 Å². The molecular formula is C15H18N4O3. The Morgan fingerprint density at radius 3 is 2.95 bits per heavy atom. The third-order valence-corrected chi connectivity index (χ3v) is 3.99. The van der Waals surface area contributed by atoms with Gasteiger partial charge in [-0.1, -0.05) is 6.08 Å². The summed E-state index contributed by atoms with van der Waals surface area (Å²) in [5.74, 6) is -0.0218. The Kier molecular flexibility index (Phi) is 4.06. The first-order valence-electron chi connectivity index (χ1n) is 7.16. The summed E-state index contributed by atoms with van der Waals surface area (Å²) in [5, 5.41) is 7.52. The SMILES string of the molecule is CONC1=CCC(N(C)C(=O)c2ccc3nonc3c2)CC1. The highest BCUT2D eigenvalue weighted by atomic mass is 16.6. The van der Waals surface area contributed by atoms with Gasteiger partial charge in [0.05, 0.1) is 7.11 Å². The Balaban J connectivity index is 1.71. The van der Waals surface area contributed by atoms with E-state index in [1.54, 1.807) is 30.2 Å². The smallest absolute Gasteiger partial charge is 0.253 e. The van der Waals surface area contributed by atoms with Crippen LogP contribution in [0.5, 0.6) is 0 Å². The molecule has 22 heavy (non-hydrogen) atoms. The zero-order valence-electron chi connectivity index (χ0n) is 12.6. The molecule has 1 aromatic carbocycles. The summed E-state index contributed by atoms with van der Waals surface area (Å²) in [6, 6.07) is 5.39. The third-order valence-electron chi connectivity index (χ3n) is 3.99. The second kappa shape index (κ2) is 6.15. The van der Waals surface area contributed by atoms with Gasteiger partial charge in [-0.15, -0.1) is 0 Å². The number of hydrogen-bond donors (Lipinski definition) is 1. The zero-order chi connectivity index (χ0) is 15.5. The minimum absolute atomic E-state index is 0.0218. The second-order valence-electron chi connectivity index (χ2n) is 5.35. The molecule has 1 heterocycles. The molecular weight excluding hydrogens is 284 g/mol. The van der Waals surface area contributed by atoms with Gasteiger partial charge < -0.3 is 4.90 Å². The predicted octanol–water partition coefficient (Wildman–Crippen LogP) is 1.88. The fourth-order valence-electron chi connectivity index (χ4n) is 2.68. The van der Waals surface area contributed by atoms with Crippen molar-refractivity contribution in [3.8, 4) is 0 Å². The summed E-state index contributed by atoms with van der Waals surface area (Å²) >= 11 is 0. The number of hydrogen-bond acceptors (Lipinski definition) is 6. The number of carbonyl (C=O) groups excluding carboxylic acids is 1. The lowest BCUT2D eigenvalue weighted by atomic mass is 9.97. The number of nitrogens with one attached hydrogen (secondary N) is 1. The van der Waals surface area contributed by atoms with Gasteiger partial charge in [-0.2, -0.15) is 0 Å². The highest BCUT2D eigenvalue weighted by molar-refractivity contribution is 5.97. The van der Waals surface area contributed by atoms with Gasteiger partial charge in [0.25, 0.3) is 5.91 Å². The van der Waals surface area contributed by atoms with Crippen LogP contribution < -0.4 is 5.48 Å². The Morgan fingerprint density at radius 2 is 2.23 bits per heavy atom. The molecule has 2 aromatic rings. The van der Waals surface area contributed by atoms with Crippen LogP contribution in [0.3, 0.4) is 0 Å². The van der Waals surface area contributed by atoms with Crippen LogP contribution in [-0.4, -0.2) is 41.3 Å². The predicted molar refractivity (Wildman–Crippen MR) is 79.8 cm³/mol. The Morgan fingerprint density at radius 1 is 1.41 bits per heavy atom. The van der Waals surface area contributed by atoms with E-state index in [-0.39, 0.29) is 11.9 Å². The van der Waals surface area contributed by atoms with Crippen molar-refractivity contribution in [2.24, 2.45) is 0 Å². The maximum absolute atomic E-state index is 12.6. The molecule has 1 aliphatic carbocycles. The number of fused-ring (bicyclic) bond motifs is 1. The van der Waals surface area contributed by atoms with E-state index in [9.17, 15) is 4.79 Å². The Hall–Kier alpha value is -2.41. The summed E-state index contributed by atoms with van der Waals surface area (Å²) in [5.41, 5.74) is 5.75. The number of benzene rings is 1. The maximum atomic E-state index is 12.6. The molecule has 0 saturated carbocycles. The number of hydroxylamine groups is 1. The molecule has 1 aliphatic rings. The van der Waals surface area contributed by atoms with Gasteiger partial charge in [0.15, 0.2) is 0 Å². The summed E-state index contributed by atoms with van der Waals surface area (Å²) in [6.45, 7) is 0. The van der Waals surface area contributed by atoms with E-state index in [1.165, 1.54) is 0 Å². The standard InChI is InChI=1S/C15H18N4O3/c1-19(12-6-4-11(5-7-12)16-21-2)15(20)10-3-8-13-14(9-10)18-22-17-13/h3-4,8-9,12,16H,5-7H2,1-2H3. The molecule has 0 spiro atoms. The summed E-state index contributed by atoms with van der Waals surface area (Å²) < 4.78 is 4.66. The van der Waals surface area contributed by atoms with Crippen molar-refractivity contribution in [1.29, 1.82) is 0 Å². The van der Waals surface area contributed by atoms with Crippen LogP contribution in [0.1, 0.15) is 29.6 Å². The monoisotopic (exact) mass is 302 g/mol. The van der Waals surface area contributed by atoms with Gasteiger partial charge in [-0.3, -0.25) is 15.1 Å². The average Bonchev–Trinajstić information content (AvgIpc) is 3.02. The molecule has 0 fully saturated rings. The van der Waals surface area contributed by atoms with Gasteiger partial charge >= 0.3 is 0 Å². The lowest BCUT2D eigenvalue weighted by Gasteiger charge is -2.30. The van der Waals surface area contributed by atoms with Crippen molar-refractivity contribution >= 4 is 16.9 Å². The highest BCUT2D eigenvalue weighted by Crippen LogP contribution is 2.22. The highest BCUT2D eigenvalue weighted by Gasteiger charge is 2.23. The van der Waals surface area contributed by atoms with Crippen LogP contribution in [0.2, 0.25) is 0 Å². The van der Waals surface area contributed by atoms with Crippen LogP contribution in [0.25, 0.3) is 11.0 Å². The summed E-state index contributed by atoms with van der Waals surface area (Å²) in [6.07, 6.45) is 4.65. The number of nitrogens with zero attached hydrogens (tertiary/aromatic N) is 3. The summed E-state index contributed by atoms with van der Waals surface area (Å²) in [7, 11) is 3.43. The van der Waals surface area contributed by atoms with Crippen molar-refractivity contribution in [3.05, 3.63) is 35.5 Å². The first-order chi connectivity index (χ1) is 10.7. The molecule has 1 atom stereocenters. The lowest BCUT2D eigenvalue weighted by molar-refractivity contribution is 0.0709. The van der Waals surface area contributed by atoms with Gasteiger partial charge in [0.2, 0.25) is 0 Å². The molecule has 7 nitrogen and oxygen atoms in total. The van der Waals surface area contributed by atoms with E-state index in [2.05, 4.69) is 26.5 Å². The van der Waals surface area contributed by atoms with E-state index in [0.717, 1.165) is 25.0 Å². The van der Waals surface area contributed by atoms with E-state index in [1.807, 2.05) is 7.05 Å². The fourth-order valence-corrected chi connectivity index (χ4v) is 2.68. The fraction of sp³-hybridized carbons (Fsp3) is 0.400. The van der Waals surface area contributed by atoms with Crippen LogP contribution in [0.4, 0.5) is 0 Å². The van der Waals surface area contributed by atoms with Crippen LogP contribution in [-0.2, 0) is 4.84 Å². The maximum Gasteiger partial charge on any atom is 0.253 e. The molecule has 1 aromatic heterocycles. The number of aromatic nitrogens is 2. The third kappa shape index (κ3) is 2.80. The lowest BCUT2D eigenvalue weighted by Crippen LogP contribution is -2.38. The molecule has 3 rings (SSSR count). The zero-order valence-corrected chi connectivity index (χ0v) is 12.6. The number of rotatable bonds is 4. The molecule has 0 radical (unpaired) electrons. The Labute approximate surface area is 127 Å². The molecule has 0 bridgehead atoms. The molecule has 0 aliphatic heterocycles. The van der Waals surface area contributed by atoms with Gasteiger partial charge in [-0.05, 0) is 47.8 Å². The summed E-state index contributed by atoms with van der Waals surface area (Å²) in [4.78, 5) is 19.3. The van der Waals surface area contributed by atoms with Crippen molar-refractivity contribution in [2.45, 2.75) is 25.3 Å². The van der Waals surface area contributed by atoms with E-state index < -0.39 is 0 Å². The normalized spacial score (nSPS) is 18.1. The van der Waals surface area contributed by atoms with Gasteiger partial charge in [-0.25, -0.2) is 4.63 Å². The van der Waals surface area contributed by atoms with E-state index in [0.29, 0.717) is 16.6 Å². The number of allylic oxidation sites excluding steroid dienone is 1. The van der Waals surface area contributed by atoms with E-state index >= 15 is 0 Å². The van der Waals surface area contributed by atoms with Crippen LogP contribution in [0, 0.1) is 0 Å². The second-order valence-corrected chi connectivity index (χ2v) is 5.35. The number of carbonyl (C=O) groups is 1. The minimum Gasteiger partial charge on any atom is -0.338 e. The quantitative estimate of drug-likeness (QED) is 0.869. The Bertz CT molecular complexity index is 710. The minimum atomic E-state index is -0.0218. The topological polar surface area (TPSA) is 80.5 Å². The first kappa shape index (κ1) is 14.5. The molecule has 7 heteroatoms. The molecule has 1 N–H and O–H groups in total. The molecule has 116 valence electrons. The van der Waals surface area contributed by atoms with Crippen molar-refractivity contribution < 1.29 is 14.3 Å². The van der Waals surface area contributed by atoms with Crippen LogP contribution in [0.15, 0.2) is 34.6 Å². The molecule has 1 amide bonds. The van der Waals surface area contributed by atoms with Gasteiger partial charge in [0.1, 0.15) is 11.0 Å². The molecule has 0 saturated heterocycles. The van der Waals surface area contributed by atoms with Gasteiger partial charge in [0, 0.05) is 24.4 Å². The first-order valence-corrected chi connectivity index (χ1v) is 7.16. The average molecular weight is 302 g/mol. The number of amides is 1.